The van der Waals surface area contributed by atoms with Crippen molar-refractivity contribution in [1.82, 2.24) is 9.99 Å². The van der Waals surface area contributed by atoms with Gasteiger partial charge in [-0.3, -0.25) is 9.78 Å². The van der Waals surface area contributed by atoms with Gasteiger partial charge in [-0.25, -0.2) is 4.79 Å². The standard InChI is InChI=1S/C32H28F2N4O5/c1-3-28-29(26-14-13-25(42-31(33)34)17-27(26)21-6-4-8-24(16-21)41-2)37-38(32(40)43-28)19-20-9-11-23(12-10-20)36-30(39)22-7-5-15-35-18-22/h4-18,28,31H,3,19H2,1-2H3,(H,36,39). The number of anilines is 1. The van der Waals surface area contributed by atoms with Gasteiger partial charge in [0.15, 0.2) is 0 Å². The molecule has 0 spiro atoms. The van der Waals surface area contributed by atoms with Gasteiger partial charge in [0.05, 0.1) is 19.2 Å². The predicted molar refractivity (Wildman–Crippen MR) is 156 cm³/mol. The number of methoxy groups -OCH3 is 1. The largest absolute Gasteiger partial charge is 0.497 e. The van der Waals surface area contributed by atoms with Crippen molar-refractivity contribution in [2.24, 2.45) is 5.10 Å². The lowest BCUT2D eigenvalue weighted by Gasteiger charge is -2.30. The van der Waals surface area contributed by atoms with Crippen LogP contribution in [0.4, 0.5) is 19.3 Å². The second kappa shape index (κ2) is 13.1. The van der Waals surface area contributed by atoms with Crippen molar-refractivity contribution in [2.45, 2.75) is 32.6 Å². The summed E-state index contributed by atoms with van der Waals surface area (Å²) in [6.45, 7) is -1.04. The molecule has 3 aromatic carbocycles. The average Bonchev–Trinajstić information content (AvgIpc) is 3.03. The van der Waals surface area contributed by atoms with Gasteiger partial charge in [-0.05, 0) is 77.7 Å². The molecule has 1 atom stereocenters. The van der Waals surface area contributed by atoms with Crippen LogP contribution in [0.15, 0.2) is 96.4 Å². The highest BCUT2D eigenvalue weighted by Crippen LogP contribution is 2.34. The highest BCUT2D eigenvalue weighted by atomic mass is 19.3. The summed E-state index contributed by atoms with van der Waals surface area (Å²) in [5.41, 5.74) is 4.03. The van der Waals surface area contributed by atoms with Gasteiger partial charge in [0.1, 0.15) is 23.3 Å². The van der Waals surface area contributed by atoms with E-state index in [2.05, 4.69) is 20.1 Å². The number of benzene rings is 3. The summed E-state index contributed by atoms with van der Waals surface area (Å²) in [6, 6.07) is 22.0. The van der Waals surface area contributed by atoms with Crippen molar-refractivity contribution in [1.29, 1.82) is 0 Å². The minimum atomic E-state index is -2.99. The average molecular weight is 587 g/mol. The first-order valence-electron chi connectivity index (χ1n) is 13.4. The number of nitrogens with zero attached hydrogens (tertiary/aromatic N) is 3. The van der Waals surface area contributed by atoms with Crippen LogP contribution in [0.25, 0.3) is 11.1 Å². The second-order valence-corrected chi connectivity index (χ2v) is 9.53. The van der Waals surface area contributed by atoms with Crippen LogP contribution in [0.3, 0.4) is 0 Å². The summed E-state index contributed by atoms with van der Waals surface area (Å²) < 4.78 is 41.9. The number of carbonyl (C=O) groups excluding carboxylic acids is 2. The van der Waals surface area contributed by atoms with Crippen molar-refractivity contribution in [3.05, 3.63) is 108 Å². The number of carbonyl (C=O) groups is 2. The van der Waals surface area contributed by atoms with E-state index in [-0.39, 0.29) is 18.2 Å². The van der Waals surface area contributed by atoms with Crippen LogP contribution >= 0.6 is 0 Å². The molecule has 1 N–H and O–H groups in total. The number of halogens is 2. The minimum absolute atomic E-state index is 0.0226. The van der Waals surface area contributed by atoms with Crippen LogP contribution in [-0.2, 0) is 11.3 Å². The van der Waals surface area contributed by atoms with Gasteiger partial charge in [-0.1, -0.05) is 31.2 Å². The molecule has 1 aliphatic rings. The van der Waals surface area contributed by atoms with E-state index in [1.807, 2.05) is 13.0 Å². The molecule has 0 saturated carbocycles. The Morgan fingerprint density at radius 3 is 2.53 bits per heavy atom. The maximum absolute atomic E-state index is 13.1. The molecule has 220 valence electrons. The third-order valence-electron chi connectivity index (χ3n) is 6.70. The molecular formula is C32H28F2N4O5. The summed E-state index contributed by atoms with van der Waals surface area (Å²) >= 11 is 0. The number of hydrogen-bond donors (Lipinski definition) is 1. The Labute approximate surface area is 246 Å². The van der Waals surface area contributed by atoms with E-state index in [1.165, 1.54) is 30.4 Å². The van der Waals surface area contributed by atoms with Gasteiger partial charge in [0.2, 0.25) is 0 Å². The van der Waals surface area contributed by atoms with E-state index in [9.17, 15) is 18.4 Å². The van der Waals surface area contributed by atoms with Crippen molar-refractivity contribution in [2.75, 3.05) is 12.4 Å². The Hall–Kier alpha value is -5.32. The fourth-order valence-electron chi connectivity index (χ4n) is 4.60. The Bertz CT molecular complexity index is 1630. The van der Waals surface area contributed by atoms with E-state index in [0.717, 1.165) is 5.56 Å². The van der Waals surface area contributed by atoms with E-state index in [0.29, 0.717) is 45.8 Å². The molecule has 0 radical (unpaired) electrons. The van der Waals surface area contributed by atoms with Crippen molar-refractivity contribution >= 4 is 23.4 Å². The van der Waals surface area contributed by atoms with Gasteiger partial charge in [-0.15, -0.1) is 0 Å². The van der Waals surface area contributed by atoms with E-state index in [4.69, 9.17) is 9.47 Å². The number of pyridine rings is 1. The quantitative estimate of drug-likeness (QED) is 0.221. The summed E-state index contributed by atoms with van der Waals surface area (Å²) in [7, 11) is 1.53. The molecule has 2 amide bonds. The summed E-state index contributed by atoms with van der Waals surface area (Å²) in [4.78, 5) is 29.3. The topological polar surface area (TPSA) is 102 Å². The number of nitrogens with one attached hydrogen (secondary N) is 1. The Kier molecular flexibility index (Phi) is 8.90. The lowest BCUT2D eigenvalue weighted by Crippen LogP contribution is -2.41. The molecule has 4 aromatic rings. The second-order valence-electron chi connectivity index (χ2n) is 9.53. The van der Waals surface area contributed by atoms with Gasteiger partial charge < -0.3 is 19.5 Å². The Morgan fingerprint density at radius 2 is 1.84 bits per heavy atom. The first kappa shape index (κ1) is 29.2. The fourth-order valence-corrected chi connectivity index (χ4v) is 4.60. The molecule has 9 nitrogen and oxygen atoms in total. The van der Waals surface area contributed by atoms with Crippen LogP contribution < -0.4 is 14.8 Å². The number of aromatic nitrogens is 1. The number of cyclic esters (lactones) is 1. The van der Waals surface area contributed by atoms with Crippen LogP contribution in [0, 0.1) is 0 Å². The zero-order valence-corrected chi connectivity index (χ0v) is 23.4. The highest BCUT2D eigenvalue weighted by Gasteiger charge is 2.32. The number of hydrazone groups is 1. The van der Waals surface area contributed by atoms with Crippen LogP contribution in [0.2, 0.25) is 0 Å². The zero-order chi connectivity index (χ0) is 30.3. The maximum atomic E-state index is 13.1. The Balaban J connectivity index is 1.44. The van der Waals surface area contributed by atoms with E-state index < -0.39 is 18.8 Å². The van der Waals surface area contributed by atoms with Gasteiger partial charge in [0, 0.05) is 23.6 Å². The van der Waals surface area contributed by atoms with Gasteiger partial charge in [0.25, 0.3) is 5.91 Å². The van der Waals surface area contributed by atoms with Crippen molar-refractivity contribution < 1.29 is 32.6 Å². The molecule has 0 fully saturated rings. The molecule has 43 heavy (non-hydrogen) atoms. The van der Waals surface area contributed by atoms with Crippen LogP contribution in [0.1, 0.15) is 34.8 Å². The fraction of sp³-hybridized carbons (Fsp3) is 0.188. The molecule has 0 saturated heterocycles. The number of hydrogen-bond acceptors (Lipinski definition) is 7. The number of alkyl halides is 2. The van der Waals surface area contributed by atoms with Crippen LogP contribution in [0.5, 0.6) is 11.5 Å². The van der Waals surface area contributed by atoms with Gasteiger partial charge >= 0.3 is 12.7 Å². The first-order chi connectivity index (χ1) is 20.8. The van der Waals surface area contributed by atoms with Crippen molar-refractivity contribution in [3.63, 3.8) is 0 Å². The van der Waals surface area contributed by atoms with E-state index >= 15 is 0 Å². The molecule has 0 bridgehead atoms. The summed E-state index contributed by atoms with van der Waals surface area (Å²) in [6.07, 6.45) is 2.22. The first-order valence-corrected chi connectivity index (χ1v) is 13.4. The molecular weight excluding hydrogens is 558 g/mol. The normalized spacial score (nSPS) is 14.6. The molecule has 0 aliphatic carbocycles. The highest BCUT2D eigenvalue weighted by molar-refractivity contribution is 6.10. The summed E-state index contributed by atoms with van der Waals surface area (Å²) in [5, 5.41) is 8.71. The monoisotopic (exact) mass is 586 g/mol. The lowest BCUT2D eigenvalue weighted by molar-refractivity contribution is -0.0498. The molecule has 5 rings (SSSR count). The number of rotatable bonds is 10. The van der Waals surface area contributed by atoms with Crippen molar-refractivity contribution in [3.8, 4) is 22.6 Å². The third-order valence-corrected chi connectivity index (χ3v) is 6.70. The molecule has 1 unspecified atom stereocenters. The SMILES string of the molecule is CCC1OC(=O)N(Cc2ccc(NC(=O)c3cccnc3)cc2)N=C1c1ccc(OC(F)F)cc1-c1cccc(OC)c1. The third kappa shape index (κ3) is 6.95. The zero-order valence-electron chi connectivity index (χ0n) is 23.4. The minimum Gasteiger partial charge on any atom is -0.497 e. The number of amides is 2. The number of ether oxygens (including phenoxy) is 3. The van der Waals surface area contributed by atoms with Gasteiger partial charge in [-0.2, -0.15) is 18.9 Å². The molecule has 2 heterocycles. The Morgan fingerprint density at radius 1 is 1.02 bits per heavy atom. The summed E-state index contributed by atoms with van der Waals surface area (Å²) in [5.74, 6) is 0.261. The molecule has 1 aromatic heterocycles. The van der Waals surface area contributed by atoms with E-state index in [1.54, 1.807) is 66.9 Å². The molecule has 1 aliphatic heterocycles. The predicted octanol–water partition coefficient (Wildman–Crippen LogP) is 6.75. The molecule has 11 heteroatoms. The lowest BCUT2D eigenvalue weighted by atomic mass is 9.93. The smallest absolute Gasteiger partial charge is 0.431 e. The van der Waals surface area contributed by atoms with Crippen LogP contribution in [-0.4, -0.2) is 47.5 Å². The maximum Gasteiger partial charge on any atom is 0.431 e.